The molecule has 6 rings (SSSR count). The minimum absolute atomic E-state index is 0.0781. The van der Waals surface area contributed by atoms with Crippen LogP contribution in [0.1, 0.15) is 26.5 Å². The van der Waals surface area contributed by atoms with Crippen LogP contribution in [0.3, 0.4) is 0 Å². The van der Waals surface area contributed by atoms with Crippen LogP contribution in [0, 0.1) is 0 Å². The first kappa shape index (κ1) is 27.3. The van der Waals surface area contributed by atoms with Crippen LogP contribution in [-0.4, -0.2) is 48.9 Å². The molecule has 0 atom stereocenters. The number of hydrogen-bond acceptors (Lipinski definition) is 6. The summed E-state index contributed by atoms with van der Waals surface area (Å²) in [5.41, 5.74) is 3.86. The summed E-state index contributed by atoms with van der Waals surface area (Å²) >= 11 is 0. The van der Waals surface area contributed by atoms with E-state index in [0.29, 0.717) is 22.2 Å². The van der Waals surface area contributed by atoms with E-state index in [-0.39, 0.29) is 22.1 Å². The summed E-state index contributed by atoms with van der Waals surface area (Å²) in [6.45, 7) is 6.51. The van der Waals surface area contributed by atoms with Gasteiger partial charge in [-0.15, -0.1) is 0 Å². The lowest BCUT2D eigenvalue weighted by Gasteiger charge is -2.46. The number of hydrogen-bond donors (Lipinski definition) is 1. The maximum absolute atomic E-state index is 13.7. The molecule has 3 aromatic carbocycles. The molecule has 3 aromatic heterocycles. The highest BCUT2D eigenvalue weighted by Gasteiger charge is 2.31. The summed E-state index contributed by atoms with van der Waals surface area (Å²) in [6, 6.07) is 20.4. The van der Waals surface area contributed by atoms with Crippen molar-refractivity contribution in [1.29, 1.82) is 0 Å². The fraction of sp³-hybridized carbons (Fsp3) is 0.226. The van der Waals surface area contributed by atoms with Crippen LogP contribution in [0.4, 0.5) is 0 Å². The van der Waals surface area contributed by atoms with E-state index in [0.717, 1.165) is 26.1 Å². The molecular weight excluding hydrogens is 556 g/mol. The summed E-state index contributed by atoms with van der Waals surface area (Å²) in [4.78, 5) is 4.52. The fourth-order valence-corrected chi connectivity index (χ4v) is 7.80. The first-order valence-electron chi connectivity index (χ1n) is 13.2. The molecule has 0 fully saturated rings. The Labute approximate surface area is 240 Å². The van der Waals surface area contributed by atoms with Crippen molar-refractivity contribution in [3.63, 3.8) is 0 Å². The number of nitrogens with zero attached hydrogens (tertiary/aromatic N) is 4. The number of aliphatic hydroxyl groups excluding tert-OH is 1. The Morgan fingerprint density at radius 3 is 2.32 bits per heavy atom. The number of benzene rings is 3. The van der Waals surface area contributed by atoms with Gasteiger partial charge < -0.3 is 13.5 Å². The average molecular weight is 589 g/mol. The molecule has 0 spiro atoms. The van der Waals surface area contributed by atoms with Crippen molar-refractivity contribution in [1.82, 2.24) is 18.1 Å². The van der Waals surface area contributed by atoms with Gasteiger partial charge in [-0.2, -0.15) is 27.8 Å². The van der Waals surface area contributed by atoms with Gasteiger partial charge in [0.25, 0.3) is 10.0 Å². The summed E-state index contributed by atoms with van der Waals surface area (Å²) in [6.07, 6.45) is 9.77. The van der Waals surface area contributed by atoms with Gasteiger partial charge in [0.1, 0.15) is 12.4 Å². The zero-order chi connectivity index (χ0) is 29.2. The molecule has 3 heterocycles. The van der Waals surface area contributed by atoms with E-state index in [9.17, 15) is 13.5 Å². The van der Waals surface area contributed by atoms with Crippen molar-refractivity contribution in [3.05, 3.63) is 91.1 Å². The summed E-state index contributed by atoms with van der Waals surface area (Å²) in [7, 11) is -5.20. The number of oxazole rings is 1. The molecule has 0 unspecified atom stereocenters. The number of rotatable bonds is 6. The Morgan fingerprint density at radius 1 is 0.878 bits per heavy atom. The van der Waals surface area contributed by atoms with E-state index in [1.165, 1.54) is 12.4 Å². The van der Waals surface area contributed by atoms with Gasteiger partial charge in [-0.25, -0.2) is 4.98 Å². The Bertz CT molecular complexity index is 2010. The minimum atomic E-state index is -3.98. The second kappa shape index (κ2) is 9.61. The molecule has 0 saturated heterocycles. The Morgan fingerprint density at radius 2 is 1.63 bits per heavy atom. The van der Waals surface area contributed by atoms with Gasteiger partial charge in [-0.05, 0) is 60.0 Å². The zero-order valence-electron chi connectivity index (χ0n) is 23.6. The highest BCUT2D eigenvalue weighted by molar-refractivity contribution is 8.32. The van der Waals surface area contributed by atoms with Gasteiger partial charge in [-0.3, -0.25) is 0 Å². The first-order chi connectivity index (χ1) is 19.4. The molecule has 1 N–H and O–H groups in total. The molecule has 0 radical (unpaired) electrons. The largest absolute Gasteiger partial charge is 0.439 e. The van der Waals surface area contributed by atoms with Crippen LogP contribution < -0.4 is 0 Å². The lowest BCUT2D eigenvalue weighted by atomic mass is 9.97. The molecule has 0 amide bonds. The second-order valence-electron chi connectivity index (χ2n) is 11.3. The Balaban J connectivity index is 1.63. The van der Waals surface area contributed by atoms with E-state index in [1.807, 2.05) is 24.3 Å². The maximum Gasteiger partial charge on any atom is 0.283 e. The molecule has 0 aliphatic rings. The van der Waals surface area contributed by atoms with E-state index >= 15 is 0 Å². The third-order valence-electron chi connectivity index (χ3n) is 7.86. The maximum atomic E-state index is 13.7. The molecule has 41 heavy (non-hydrogen) atoms. The first-order valence-corrected chi connectivity index (χ1v) is 17.0. The molecule has 0 aliphatic carbocycles. The average Bonchev–Trinajstić information content (AvgIpc) is 3.70. The predicted octanol–water partition coefficient (Wildman–Crippen LogP) is 6.67. The fourth-order valence-electron chi connectivity index (χ4n) is 4.91. The zero-order valence-corrected chi connectivity index (χ0v) is 25.2. The highest BCUT2D eigenvalue weighted by Crippen LogP contribution is 2.55. The Kier molecular flexibility index (Phi) is 6.40. The van der Waals surface area contributed by atoms with E-state index < -0.39 is 20.2 Å². The third kappa shape index (κ3) is 4.37. The highest BCUT2D eigenvalue weighted by atomic mass is 32.3. The van der Waals surface area contributed by atoms with Crippen molar-refractivity contribution < 1.29 is 17.9 Å². The van der Waals surface area contributed by atoms with Gasteiger partial charge >= 0.3 is 0 Å². The molecule has 0 aliphatic heterocycles. The molecular formula is C31H32N4O4S2. The summed E-state index contributed by atoms with van der Waals surface area (Å²) < 4.78 is 36.8. The molecule has 8 nitrogen and oxygen atoms in total. The minimum Gasteiger partial charge on any atom is -0.439 e. The van der Waals surface area contributed by atoms with Crippen molar-refractivity contribution in [2.75, 3.05) is 12.5 Å². The van der Waals surface area contributed by atoms with Gasteiger partial charge in [0.2, 0.25) is 5.89 Å². The Hall–Kier alpha value is -3.86. The van der Waals surface area contributed by atoms with E-state index in [2.05, 4.69) is 65.7 Å². The van der Waals surface area contributed by atoms with Crippen LogP contribution in [-0.2, 0) is 16.6 Å². The second-order valence-corrected chi connectivity index (χ2v) is 17.2. The van der Waals surface area contributed by atoms with Crippen LogP contribution in [0.25, 0.3) is 44.4 Å². The standard InChI is InChI=1S/C31H32N4O4S2/c1-31(2,3)40(4,5)34-15-14-25-24(12-9-13-28(25)34)21-16-26(30-32-18-22(20-36)39-30)27-19-33-35(29(27)17-21)41(37,38)23-10-7-6-8-11-23/h6-19,36H,20H2,1-5H3. The van der Waals surface area contributed by atoms with Crippen molar-refractivity contribution in [3.8, 4) is 22.6 Å². The third-order valence-corrected chi connectivity index (χ3v) is 13.8. The number of aliphatic hydroxyl groups is 1. The van der Waals surface area contributed by atoms with Gasteiger partial charge in [0.15, 0.2) is 0 Å². The summed E-state index contributed by atoms with van der Waals surface area (Å²) in [5, 5.41) is 15.6. The van der Waals surface area contributed by atoms with E-state index in [1.54, 1.807) is 30.3 Å². The van der Waals surface area contributed by atoms with Crippen molar-refractivity contribution in [2.45, 2.75) is 37.0 Å². The lowest BCUT2D eigenvalue weighted by Crippen LogP contribution is -2.27. The number of fused-ring (bicyclic) bond motifs is 2. The van der Waals surface area contributed by atoms with Gasteiger partial charge in [0, 0.05) is 27.3 Å². The monoisotopic (exact) mass is 588 g/mol. The SMILES string of the molecule is CC(C)(C)S(C)(C)n1ccc2c(-c3cc(-c4ncc(CO)o4)c4cnn(S(=O)(=O)c5ccccc5)c4c3)cccc21. The van der Waals surface area contributed by atoms with E-state index in [4.69, 9.17) is 4.42 Å². The number of aromatic nitrogens is 4. The van der Waals surface area contributed by atoms with Gasteiger partial charge in [-0.1, -0.05) is 51.1 Å². The van der Waals surface area contributed by atoms with Crippen LogP contribution >= 0.6 is 10.2 Å². The molecule has 10 heteroatoms. The van der Waals surface area contributed by atoms with Gasteiger partial charge in [0.05, 0.1) is 28.3 Å². The summed E-state index contributed by atoms with van der Waals surface area (Å²) in [5.74, 6) is 0.593. The molecule has 0 saturated carbocycles. The molecule has 6 aromatic rings. The molecule has 212 valence electrons. The molecule has 0 bridgehead atoms. The quantitative estimate of drug-likeness (QED) is 0.233. The predicted molar refractivity (Wildman–Crippen MR) is 166 cm³/mol. The van der Waals surface area contributed by atoms with Crippen molar-refractivity contribution in [2.24, 2.45) is 0 Å². The lowest BCUT2D eigenvalue weighted by molar-refractivity contribution is 0.248. The smallest absolute Gasteiger partial charge is 0.283 e. The normalized spacial score (nSPS) is 13.3. The van der Waals surface area contributed by atoms with Crippen LogP contribution in [0.5, 0.6) is 0 Å². The topological polar surface area (TPSA) is 103 Å². The van der Waals surface area contributed by atoms with Crippen molar-refractivity contribution >= 4 is 42.0 Å². The van der Waals surface area contributed by atoms with Crippen LogP contribution in [0.2, 0.25) is 0 Å². The van der Waals surface area contributed by atoms with Crippen LogP contribution in [0.15, 0.2) is 94.6 Å².